The van der Waals surface area contributed by atoms with E-state index in [-0.39, 0.29) is 30.6 Å². The second kappa shape index (κ2) is 8.76. The molecule has 2 heterocycles. The van der Waals surface area contributed by atoms with Crippen LogP contribution in [0.15, 0.2) is 0 Å². The van der Waals surface area contributed by atoms with Crippen LogP contribution in [0.25, 0.3) is 0 Å². The molecule has 28 heavy (non-hydrogen) atoms. The van der Waals surface area contributed by atoms with Crippen molar-refractivity contribution in [3.63, 3.8) is 0 Å². The van der Waals surface area contributed by atoms with Crippen LogP contribution in [-0.4, -0.2) is 61.7 Å². The maximum atomic E-state index is 12.5. The molecular weight excluding hydrogens is 364 g/mol. The Bertz CT molecular complexity index is 697. The molecule has 10 nitrogen and oxygen atoms in total. The van der Waals surface area contributed by atoms with Crippen LogP contribution in [0.5, 0.6) is 0 Å². The van der Waals surface area contributed by atoms with Gasteiger partial charge < -0.3 is 15.2 Å². The number of aliphatic hydroxyl groups is 1. The van der Waals surface area contributed by atoms with Gasteiger partial charge in [0.15, 0.2) is 5.82 Å². The number of ether oxygens (including phenoxy) is 1. The molecule has 3 amide bonds. The van der Waals surface area contributed by atoms with E-state index in [4.69, 9.17) is 4.74 Å². The van der Waals surface area contributed by atoms with Gasteiger partial charge in [-0.25, -0.2) is 14.3 Å². The summed E-state index contributed by atoms with van der Waals surface area (Å²) in [6.45, 7) is 9.72. The molecule has 0 aliphatic carbocycles. The van der Waals surface area contributed by atoms with Gasteiger partial charge >= 0.3 is 12.1 Å². The van der Waals surface area contributed by atoms with Gasteiger partial charge in [-0.15, -0.1) is 0 Å². The first-order valence-electron chi connectivity index (χ1n) is 9.60. The Morgan fingerprint density at radius 3 is 2.61 bits per heavy atom. The highest BCUT2D eigenvalue weighted by atomic mass is 16.6. The number of rotatable bonds is 5. The Kier molecular flexibility index (Phi) is 6.87. The van der Waals surface area contributed by atoms with E-state index in [1.54, 1.807) is 11.9 Å². The first-order valence-corrected chi connectivity index (χ1v) is 9.60. The second-order valence-electron chi connectivity index (χ2n) is 8.38. The monoisotopic (exact) mass is 396 g/mol. The molecule has 0 spiro atoms. The number of anilines is 1. The van der Waals surface area contributed by atoms with Crippen LogP contribution in [0.4, 0.5) is 15.5 Å². The molecule has 0 saturated carbocycles. The van der Waals surface area contributed by atoms with Gasteiger partial charge in [0, 0.05) is 13.6 Å². The molecule has 1 aliphatic heterocycles. The van der Waals surface area contributed by atoms with Crippen LogP contribution in [0.1, 0.15) is 59.3 Å². The molecule has 3 N–H and O–H groups in total. The van der Waals surface area contributed by atoms with Crippen molar-refractivity contribution in [3.05, 3.63) is 5.82 Å². The topological polar surface area (TPSA) is 122 Å². The quantitative estimate of drug-likeness (QED) is 0.700. The Hall–Kier alpha value is -2.36. The highest BCUT2D eigenvalue weighted by molar-refractivity contribution is 5.87. The van der Waals surface area contributed by atoms with Crippen molar-refractivity contribution in [2.45, 2.75) is 65.1 Å². The number of nitrogens with one attached hydrogen (secondary N) is 2. The Morgan fingerprint density at radius 2 is 2.04 bits per heavy atom. The Balaban J connectivity index is 2.08. The minimum absolute atomic E-state index is 0.0895. The smallest absolute Gasteiger partial charge is 0.410 e. The van der Waals surface area contributed by atoms with Gasteiger partial charge in [-0.1, -0.05) is 13.8 Å². The van der Waals surface area contributed by atoms with Gasteiger partial charge in [0.05, 0.1) is 18.7 Å². The van der Waals surface area contributed by atoms with E-state index < -0.39 is 17.7 Å². The van der Waals surface area contributed by atoms with Crippen molar-refractivity contribution in [1.82, 2.24) is 25.0 Å². The summed E-state index contributed by atoms with van der Waals surface area (Å²) < 4.78 is 6.94. The summed E-state index contributed by atoms with van der Waals surface area (Å²) in [6.07, 6.45) is 1.17. The lowest BCUT2D eigenvalue weighted by Crippen LogP contribution is -2.43. The maximum absolute atomic E-state index is 12.5. The predicted octanol–water partition coefficient (Wildman–Crippen LogP) is 2.03. The Labute approximate surface area is 165 Å². The fourth-order valence-electron chi connectivity index (χ4n) is 2.96. The molecular formula is C18H32N6O4. The molecule has 1 saturated heterocycles. The van der Waals surface area contributed by atoms with Gasteiger partial charge in [-0.3, -0.25) is 10.2 Å². The van der Waals surface area contributed by atoms with Gasteiger partial charge in [0.25, 0.3) is 0 Å². The fraction of sp³-hybridized carbons (Fsp3) is 0.778. The van der Waals surface area contributed by atoms with Crippen molar-refractivity contribution in [2.24, 2.45) is 13.0 Å². The molecule has 1 fully saturated rings. The third kappa shape index (κ3) is 5.57. The molecule has 0 unspecified atom stereocenters. The van der Waals surface area contributed by atoms with E-state index in [1.165, 1.54) is 4.68 Å². The number of likely N-dealkylation sites (tertiary alicyclic amines) is 1. The van der Waals surface area contributed by atoms with E-state index >= 15 is 0 Å². The number of urea groups is 1. The zero-order valence-electron chi connectivity index (χ0n) is 17.5. The molecule has 2 rings (SSSR count). The number of amides is 3. The zero-order valence-corrected chi connectivity index (χ0v) is 17.5. The minimum Gasteiger partial charge on any atom is -0.444 e. The number of aryl methyl sites for hydroxylation is 1. The summed E-state index contributed by atoms with van der Waals surface area (Å²) in [5.41, 5.74) is -0.577. The van der Waals surface area contributed by atoms with Gasteiger partial charge in [-0.05, 0) is 39.5 Å². The lowest BCUT2D eigenvalue weighted by Gasteiger charge is -2.27. The lowest BCUT2D eigenvalue weighted by molar-refractivity contribution is 0.0218. The molecule has 0 radical (unpaired) electrons. The van der Waals surface area contributed by atoms with Gasteiger partial charge in [0.1, 0.15) is 5.60 Å². The molecule has 0 bridgehead atoms. The molecule has 1 aromatic rings. The van der Waals surface area contributed by atoms with E-state index in [0.29, 0.717) is 12.4 Å². The van der Waals surface area contributed by atoms with E-state index in [1.807, 2.05) is 34.6 Å². The molecule has 1 aliphatic rings. The SMILES string of the molecule is CC(C)[C@@H](CO)NC(=O)Nc1nc([C@@H]2CCCN2C(=O)OC(C)(C)C)nn1C. The van der Waals surface area contributed by atoms with E-state index in [0.717, 1.165) is 12.8 Å². The van der Waals surface area contributed by atoms with Crippen LogP contribution < -0.4 is 10.6 Å². The zero-order chi connectivity index (χ0) is 21.1. The maximum Gasteiger partial charge on any atom is 0.410 e. The first kappa shape index (κ1) is 21.9. The number of aliphatic hydroxyl groups excluding tert-OH is 1. The third-order valence-electron chi connectivity index (χ3n) is 4.50. The summed E-state index contributed by atoms with van der Waals surface area (Å²) in [4.78, 5) is 30.7. The van der Waals surface area contributed by atoms with Crippen molar-refractivity contribution in [3.8, 4) is 0 Å². The van der Waals surface area contributed by atoms with Gasteiger partial charge in [0.2, 0.25) is 5.95 Å². The van der Waals surface area contributed by atoms with Crippen LogP contribution in [0.2, 0.25) is 0 Å². The summed E-state index contributed by atoms with van der Waals surface area (Å²) in [7, 11) is 1.67. The molecule has 158 valence electrons. The second-order valence-corrected chi connectivity index (χ2v) is 8.38. The van der Waals surface area contributed by atoms with Gasteiger partial charge in [-0.2, -0.15) is 10.1 Å². The Morgan fingerprint density at radius 1 is 1.36 bits per heavy atom. The highest BCUT2D eigenvalue weighted by Gasteiger charge is 2.36. The normalized spacial score (nSPS) is 18.3. The van der Waals surface area contributed by atoms with Crippen LogP contribution in [0, 0.1) is 5.92 Å². The van der Waals surface area contributed by atoms with Crippen LogP contribution in [-0.2, 0) is 11.8 Å². The molecule has 0 aromatic carbocycles. The van der Waals surface area contributed by atoms with E-state index in [2.05, 4.69) is 20.7 Å². The highest BCUT2D eigenvalue weighted by Crippen LogP contribution is 2.32. The summed E-state index contributed by atoms with van der Waals surface area (Å²) >= 11 is 0. The van der Waals surface area contributed by atoms with Crippen molar-refractivity contribution >= 4 is 18.1 Å². The third-order valence-corrected chi connectivity index (χ3v) is 4.50. The first-order chi connectivity index (χ1) is 13.0. The van der Waals surface area contributed by atoms with Crippen LogP contribution >= 0.6 is 0 Å². The number of nitrogens with zero attached hydrogens (tertiary/aromatic N) is 4. The number of hydrogen-bond acceptors (Lipinski definition) is 6. The van der Waals surface area contributed by atoms with Crippen molar-refractivity contribution < 1.29 is 19.4 Å². The lowest BCUT2D eigenvalue weighted by atomic mass is 10.1. The van der Waals surface area contributed by atoms with Crippen molar-refractivity contribution in [1.29, 1.82) is 0 Å². The largest absolute Gasteiger partial charge is 0.444 e. The predicted molar refractivity (Wildman–Crippen MR) is 104 cm³/mol. The number of hydrogen-bond donors (Lipinski definition) is 3. The fourth-order valence-corrected chi connectivity index (χ4v) is 2.96. The number of aromatic nitrogens is 3. The average molecular weight is 396 g/mol. The molecule has 10 heteroatoms. The summed E-state index contributed by atoms with van der Waals surface area (Å²) in [5.74, 6) is 0.819. The molecule has 2 atom stereocenters. The summed E-state index contributed by atoms with van der Waals surface area (Å²) in [5, 5.41) is 19.1. The number of carbonyl (C=O) groups is 2. The standard InChI is InChI=1S/C18H32N6O4/c1-11(2)12(10-25)19-16(26)21-15-20-14(22-23(15)6)13-8-7-9-24(13)17(27)28-18(3,4)5/h11-13,25H,7-10H2,1-6H3,(H2,19,20,21,22,26)/t12-,13+/m1/s1. The van der Waals surface area contributed by atoms with Crippen LogP contribution in [0.3, 0.4) is 0 Å². The van der Waals surface area contributed by atoms with Crippen molar-refractivity contribution in [2.75, 3.05) is 18.5 Å². The van der Waals surface area contributed by atoms with E-state index in [9.17, 15) is 14.7 Å². The minimum atomic E-state index is -0.577. The number of carbonyl (C=O) groups excluding carboxylic acids is 2. The molecule has 1 aromatic heterocycles. The average Bonchev–Trinajstić information content (AvgIpc) is 3.18. The summed E-state index contributed by atoms with van der Waals surface area (Å²) in [6, 6.07) is -1.11.